The SMILES string of the molecule is CNc1ccc(C(=O)O)cc1NC[C@@H]1CCO1. The van der Waals surface area contributed by atoms with E-state index in [4.69, 9.17) is 9.84 Å². The van der Waals surface area contributed by atoms with Crippen LogP contribution in [0.15, 0.2) is 18.2 Å². The lowest BCUT2D eigenvalue weighted by Crippen LogP contribution is -2.33. The predicted octanol–water partition coefficient (Wildman–Crippen LogP) is 1.63. The predicted molar refractivity (Wildman–Crippen MR) is 65.8 cm³/mol. The third-order valence-electron chi connectivity index (χ3n) is 2.85. The van der Waals surface area contributed by atoms with Crippen LogP contribution in [0, 0.1) is 0 Å². The molecule has 1 saturated heterocycles. The molecule has 5 heteroatoms. The highest BCUT2D eigenvalue weighted by Crippen LogP contribution is 2.23. The lowest BCUT2D eigenvalue weighted by Gasteiger charge is -2.27. The first kappa shape index (κ1) is 11.7. The molecule has 2 rings (SSSR count). The van der Waals surface area contributed by atoms with Crippen LogP contribution in [0.5, 0.6) is 0 Å². The van der Waals surface area contributed by atoms with Crippen LogP contribution in [0.3, 0.4) is 0 Å². The Labute approximate surface area is 99.8 Å². The molecule has 1 atom stereocenters. The number of hydrogen-bond acceptors (Lipinski definition) is 4. The molecular formula is C12H16N2O3. The number of benzene rings is 1. The van der Waals surface area contributed by atoms with Gasteiger partial charge in [-0.05, 0) is 24.6 Å². The molecule has 0 aliphatic carbocycles. The van der Waals surface area contributed by atoms with Crippen molar-refractivity contribution in [1.29, 1.82) is 0 Å². The second-order valence-electron chi connectivity index (χ2n) is 3.98. The summed E-state index contributed by atoms with van der Waals surface area (Å²) < 4.78 is 5.30. The molecule has 0 amide bonds. The molecule has 17 heavy (non-hydrogen) atoms. The van der Waals surface area contributed by atoms with Gasteiger partial charge in [-0.25, -0.2) is 4.79 Å². The van der Waals surface area contributed by atoms with Crippen molar-refractivity contribution in [1.82, 2.24) is 0 Å². The summed E-state index contributed by atoms with van der Waals surface area (Å²) in [6.45, 7) is 1.53. The lowest BCUT2D eigenvalue weighted by atomic mass is 10.1. The summed E-state index contributed by atoms with van der Waals surface area (Å²) in [6.07, 6.45) is 1.30. The molecule has 92 valence electrons. The first-order valence-corrected chi connectivity index (χ1v) is 5.61. The minimum Gasteiger partial charge on any atom is -0.478 e. The molecular weight excluding hydrogens is 220 g/mol. The van der Waals surface area contributed by atoms with Crippen LogP contribution in [0.2, 0.25) is 0 Å². The highest BCUT2D eigenvalue weighted by Gasteiger charge is 2.18. The van der Waals surface area contributed by atoms with Gasteiger partial charge in [0.25, 0.3) is 0 Å². The molecule has 1 fully saturated rings. The molecule has 0 unspecified atom stereocenters. The maximum Gasteiger partial charge on any atom is 0.335 e. The van der Waals surface area contributed by atoms with E-state index in [2.05, 4.69) is 10.6 Å². The van der Waals surface area contributed by atoms with Gasteiger partial charge in [0.15, 0.2) is 0 Å². The van der Waals surface area contributed by atoms with Crippen molar-refractivity contribution >= 4 is 17.3 Å². The largest absolute Gasteiger partial charge is 0.478 e. The number of anilines is 2. The van der Waals surface area contributed by atoms with E-state index in [9.17, 15) is 4.79 Å². The number of hydrogen-bond donors (Lipinski definition) is 3. The van der Waals surface area contributed by atoms with Crippen LogP contribution in [-0.2, 0) is 4.74 Å². The van der Waals surface area contributed by atoms with Crippen molar-refractivity contribution in [3.8, 4) is 0 Å². The van der Waals surface area contributed by atoms with E-state index in [1.165, 1.54) is 0 Å². The van der Waals surface area contributed by atoms with E-state index in [0.29, 0.717) is 6.54 Å². The van der Waals surface area contributed by atoms with Gasteiger partial charge in [0.1, 0.15) is 0 Å². The number of carboxylic acid groups (broad SMARTS) is 1. The minimum atomic E-state index is -0.921. The van der Waals surface area contributed by atoms with Crippen molar-refractivity contribution < 1.29 is 14.6 Å². The van der Waals surface area contributed by atoms with E-state index in [1.807, 2.05) is 0 Å². The van der Waals surface area contributed by atoms with Crippen molar-refractivity contribution in [2.75, 3.05) is 30.8 Å². The Morgan fingerprint density at radius 2 is 2.29 bits per heavy atom. The summed E-state index contributed by atoms with van der Waals surface area (Å²) in [7, 11) is 1.81. The van der Waals surface area contributed by atoms with Gasteiger partial charge < -0.3 is 20.5 Å². The summed E-state index contributed by atoms with van der Waals surface area (Å²) in [5, 5.41) is 15.2. The summed E-state index contributed by atoms with van der Waals surface area (Å²) in [5.74, 6) is -0.921. The molecule has 5 nitrogen and oxygen atoms in total. The molecule has 0 aromatic heterocycles. The summed E-state index contributed by atoms with van der Waals surface area (Å²) >= 11 is 0. The molecule has 0 bridgehead atoms. The average Bonchev–Trinajstić information content (AvgIpc) is 2.26. The monoisotopic (exact) mass is 236 g/mol. The van der Waals surface area contributed by atoms with Crippen LogP contribution in [0.1, 0.15) is 16.8 Å². The number of carbonyl (C=O) groups is 1. The van der Waals surface area contributed by atoms with Gasteiger partial charge in [0, 0.05) is 20.2 Å². The number of carboxylic acids is 1. The second kappa shape index (κ2) is 5.05. The molecule has 1 aliphatic rings. The second-order valence-corrected chi connectivity index (χ2v) is 3.98. The minimum absolute atomic E-state index is 0.244. The smallest absolute Gasteiger partial charge is 0.335 e. The quantitative estimate of drug-likeness (QED) is 0.724. The van der Waals surface area contributed by atoms with Gasteiger partial charge in [-0.1, -0.05) is 0 Å². The zero-order chi connectivity index (χ0) is 12.3. The third kappa shape index (κ3) is 2.68. The first-order chi connectivity index (χ1) is 8.20. The van der Waals surface area contributed by atoms with Crippen molar-refractivity contribution in [3.63, 3.8) is 0 Å². The van der Waals surface area contributed by atoms with Crippen molar-refractivity contribution in [2.45, 2.75) is 12.5 Å². The van der Waals surface area contributed by atoms with E-state index < -0.39 is 5.97 Å². The van der Waals surface area contributed by atoms with Crippen LogP contribution in [0.4, 0.5) is 11.4 Å². The molecule has 1 aliphatic heterocycles. The fraction of sp³-hybridized carbons (Fsp3) is 0.417. The number of aromatic carboxylic acids is 1. The Kier molecular flexibility index (Phi) is 3.49. The molecule has 3 N–H and O–H groups in total. The zero-order valence-electron chi connectivity index (χ0n) is 9.69. The van der Waals surface area contributed by atoms with Gasteiger partial charge in [-0.2, -0.15) is 0 Å². The Hall–Kier alpha value is -1.75. The van der Waals surface area contributed by atoms with Gasteiger partial charge in [0.2, 0.25) is 0 Å². The van der Waals surface area contributed by atoms with Crippen molar-refractivity contribution in [2.24, 2.45) is 0 Å². The van der Waals surface area contributed by atoms with Gasteiger partial charge in [-0.3, -0.25) is 0 Å². The average molecular weight is 236 g/mol. The lowest BCUT2D eigenvalue weighted by molar-refractivity contribution is -0.0410. The van der Waals surface area contributed by atoms with Crippen LogP contribution >= 0.6 is 0 Å². The Morgan fingerprint density at radius 3 is 2.82 bits per heavy atom. The zero-order valence-corrected chi connectivity index (χ0v) is 9.69. The molecule has 1 heterocycles. The normalized spacial score (nSPS) is 18.3. The van der Waals surface area contributed by atoms with Crippen LogP contribution in [0.25, 0.3) is 0 Å². The van der Waals surface area contributed by atoms with E-state index in [1.54, 1.807) is 25.2 Å². The molecule has 0 saturated carbocycles. The number of nitrogens with one attached hydrogen (secondary N) is 2. The fourth-order valence-corrected chi connectivity index (χ4v) is 1.71. The third-order valence-corrected chi connectivity index (χ3v) is 2.85. The van der Waals surface area contributed by atoms with E-state index >= 15 is 0 Å². The Morgan fingerprint density at radius 1 is 1.53 bits per heavy atom. The van der Waals surface area contributed by atoms with Gasteiger partial charge >= 0.3 is 5.97 Å². The molecule has 1 aromatic carbocycles. The van der Waals surface area contributed by atoms with Crippen molar-refractivity contribution in [3.05, 3.63) is 23.8 Å². The van der Waals surface area contributed by atoms with Crippen LogP contribution < -0.4 is 10.6 Å². The molecule has 0 spiro atoms. The highest BCUT2D eigenvalue weighted by atomic mass is 16.5. The Bertz CT molecular complexity index is 416. The van der Waals surface area contributed by atoms with E-state index in [-0.39, 0.29) is 11.7 Å². The highest BCUT2D eigenvalue weighted by molar-refractivity contribution is 5.90. The molecule has 0 radical (unpaired) electrons. The maximum atomic E-state index is 10.9. The fourth-order valence-electron chi connectivity index (χ4n) is 1.71. The standard InChI is InChI=1S/C12H16N2O3/c1-13-10-3-2-8(12(15)16)6-11(10)14-7-9-4-5-17-9/h2-3,6,9,13-14H,4-5,7H2,1H3,(H,15,16)/t9-/m0/s1. The van der Waals surface area contributed by atoms with Crippen LogP contribution in [-0.4, -0.2) is 37.4 Å². The van der Waals surface area contributed by atoms with Gasteiger partial charge in [-0.15, -0.1) is 0 Å². The van der Waals surface area contributed by atoms with Gasteiger partial charge in [0.05, 0.1) is 23.0 Å². The summed E-state index contributed by atoms with van der Waals surface area (Å²) in [6, 6.07) is 4.97. The maximum absolute atomic E-state index is 10.9. The Balaban J connectivity index is 2.10. The summed E-state index contributed by atoms with van der Waals surface area (Å²) in [5.41, 5.74) is 1.96. The van der Waals surface area contributed by atoms with E-state index in [0.717, 1.165) is 24.4 Å². The topological polar surface area (TPSA) is 70.6 Å². The molecule has 1 aromatic rings. The number of ether oxygens (including phenoxy) is 1. The summed E-state index contributed by atoms with van der Waals surface area (Å²) in [4.78, 5) is 10.9. The first-order valence-electron chi connectivity index (χ1n) is 5.61. The number of rotatable bonds is 5.